The summed E-state index contributed by atoms with van der Waals surface area (Å²) in [5.41, 5.74) is -3.81. The molecule has 1 unspecified atom stereocenters. The lowest BCUT2D eigenvalue weighted by Crippen LogP contribution is -2.69. The molecule has 2 N–H and O–H groups in total. The summed E-state index contributed by atoms with van der Waals surface area (Å²) in [6.45, 7) is 2.39. The molecule has 0 aliphatic rings. The Morgan fingerprint density at radius 1 is 1.07 bits per heavy atom. The van der Waals surface area contributed by atoms with Crippen molar-refractivity contribution in [2.75, 3.05) is 11.9 Å². The second-order valence-corrected chi connectivity index (χ2v) is 5.87. The van der Waals surface area contributed by atoms with E-state index in [9.17, 15) is 27.2 Å². The Morgan fingerprint density at radius 2 is 1.71 bits per heavy atom. The zero-order valence-corrected chi connectivity index (χ0v) is 15.1. The van der Waals surface area contributed by atoms with Gasteiger partial charge in [0.2, 0.25) is 0 Å². The Kier molecular flexibility index (Phi) is 6.27. The summed E-state index contributed by atoms with van der Waals surface area (Å²) in [6, 6.07) is 10.2. The molecule has 1 amide bonds. The Morgan fingerprint density at radius 3 is 2.29 bits per heavy atom. The summed E-state index contributed by atoms with van der Waals surface area (Å²) in [5.74, 6) is -3.75. The SMILES string of the molecule is CCOC(=O)C(NC(=O)c1ccccc1)(Nc1cc(F)ccc1C)C(F)(F)F. The molecular weight excluding hydrogens is 380 g/mol. The van der Waals surface area contributed by atoms with Crippen LogP contribution in [0.2, 0.25) is 0 Å². The van der Waals surface area contributed by atoms with Crippen LogP contribution in [0, 0.1) is 12.7 Å². The summed E-state index contributed by atoms with van der Waals surface area (Å²) in [4.78, 5) is 24.8. The number of alkyl halides is 3. The molecule has 5 nitrogen and oxygen atoms in total. The van der Waals surface area contributed by atoms with Gasteiger partial charge < -0.3 is 15.4 Å². The summed E-state index contributed by atoms with van der Waals surface area (Å²) < 4.78 is 60.4. The van der Waals surface area contributed by atoms with E-state index in [0.29, 0.717) is 0 Å². The molecule has 2 aromatic rings. The third-order valence-electron chi connectivity index (χ3n) is 3.87. The molecule has 1 atom stereocenters. The van der Waals surface area contributed by atoms with Gasteiger partial charge in [-0.15, -0.1) is 0 Å². The number of hydrogen-bond donors (Lipinski definition) is 2. The van der Waals surface area contributed by atoms with Crippen LogP contribution in [-0.4, -0.2) is 30.3 Å². The first kappa shape index (κ1) is 21.2. The highest BCUT2D eigenvalue weighted by Crippen LogP contribution is 2.34. The van der Waals surface area contributed by atoms with E-state index >= 15 is 0 Å². The fourth-order valence-electron chi connectivity index (χ4n) is 2.39. The molecule has 2 rings (SSSR count). The maximum atomic E-state index is 14.1. The molecule has 0 heterocycles. The number of carbonyl (C=O) groups is 2. The summed E-state index contributed by atoms with van der Waals surface area (Å²) >= 11 is 0. The predicted molar refractivity (Wildman–Crippen MR) is 94.1 cm³/mol. The highest BCUT2D eigenvalue weighted by molar-refractivity contribution is 5.99. The van der Waals surface area contributed by atoms with Crippen molar-refractivity contribution in [3.63, 3.8) is 0 Å². The molecule has 0 saturated carbocycles. The van der Waals surface area contributed by atoms with Gasteiger partial charge >= 0.3 is 17.8 Å². The minimum Gasteiger partial charge on any atom is -0.463 e. The zero-order chi connectivity index (χ0) is 20.9. The smallest absolute Gasteiger partial charge is 0.441 e. The number of carbonyl (C=O) groups excluding carboxylic acids is 2. The van der Waals surface area contributed by atoms with Gasteiger partial charge in [-0.25, -0.2) is 9.18 Å². The van der Waals surface area contributed by atoms with Crippen molar-refractivity contribution in [1.82, 2.24) is 5.32 Å². The van der Waals surface area contributed by atoms with Gasteiger partial charge in [-0.1, -0.05) is 24.3 Å². The number of benzene rings is 2. The summed E-state index contributed by atoms with van der Waals surface area (Å²) in [5, 5.41) is 3.65. The van der Waals surface area contributed by atoms with Crippen molar-refractivity contribution in [3.05, 3.63) is 65.5 Å². The average molecular weight is 398 g/mol. The van der Waals surface area contributed by atoms with E-state index < -0.39 is 29.5 Å². The predicted octanol–water partition coefficient (Wildman–Crippen LogP) is 3.80. The van der Waals surface area contributed by atoms with Gasteiger partial charge in [0, 0.05) is 11.3 Å². The van der Waals surface area contributed by atoms with Crippen molar-refractivity contribution in [2.24, 2.45) is 0 Å². The number of ether oxygens (including phenoxy) is 1. The second kappa shape index (κ2) is 8.28. The molecule has 0 bridgehead atoms. The number of anilines is 1. The van der Waals surface area contributed by atoms with Crippen LogP contribution in [0.15, 0.2) is 48.5 Å². The Bertz CT molecular complexity index is 856. The Labute approximate surface area is 158 Å². The van der Waals surface area contributed by atoms with Crippen LogP contribution < -0.4 is 10.6 Å². The van der Waals surface area contributed by atoms with Crippen LogP contribution in [0.25, 0.3) is 0 Å². The molecule has 0 fully saturated rings. The lowest BCUT2D eigenvalue weighted by molar-refractivity contribution is -0.204. The second-order valence-electron chi connectivity index (χ2n) is 5.87. The topological polar surface area (TPSA) is 67.4 Å². The van der Waals surface area contributed by atoms with Gasteiger partial charge in [0.15, 0.2) is 0 Å². The zero-order valence-electron chi connectivity index (χ0n) is 15.1. The summed E-state index contributed by atoms with van der Waals surface area (Å²) in [7, 11) is 0. The van der Waals surface area contributed by atoms with E-state index in [1.807, 2.05) is 5.32 Å². The van der Waals surface area contributed by atoms with Gasteiger partial charge in [-0.05, 0) is 43.7 Å². The molecule has 0 radical (unpaired) electrons. The molecular formula is C19H18F4N2O3. The van der Waals surface area contributed by atoms with Crippen LogP contribution in [0.4, 0.5) is 23.2 Å². The first-order valence-corrected chi connectivity index (χ1v) is 8.26. The monoisotopic (exact) mass is 398 g/mol. The van der Waals surface area contributed by atoms with Gasteiger partial charge in [-0.2, -0.15) is 13.2 Å². The molecule has 0 saturated heterocycles. The molecule has 28 heavy (non-hydrogen) atoms. The van der Waals surface area contributed by atoms with Crippen LogP contribution >= 0.6 is 0 Å². The molecule has 9 heteroatoms. The number of nitrogens with one attached hydrogen (secondary N) is 2. The van der Waals surface area contributed by atoms with Gasteiger partial charge in [0.1, 0.15) is 5.82 Å². The van der Waals surface area contributed by atoms with Crippen molar-refractivity contribution in [3.8, 4) is 0 Å². The number of halogens is 4. The largest absolute Gasteiger partial charge is 0.463 e. The van der Waals surface area contributed by atoms with E-state index in [2.05, 4.69) is 4.74 Å². The molecule has 0 aliphatic heterocycles. The van der Waals surface area contributed by atoms with Crippen LogP contribution in [0.1, 0.15) is 22.8 Å². The van der Waals surface area contributed by atoms with Crippen LogP contribution in [-0.2, 0) is 9.53 Å². The molecule has 2 aromatic carbocycles. The van der Waals surface area contributed by atoms with Crippen molar-refractivity contribution in [1.29, 1.82) is 0 Å². The van der Waals surface area contributed by atoms with E-state index in [-0.39, 0.29) is 23.4 Å². The number of rotatable bonds is 6. The minimum atomic E-state index is -5.30. The van der Waals surface area contributed by atoms with Crippen molar-refractivity contribution < 1.29 is 31.9 Å². The Hall–Kier alpha value is -3.10. The van der Waals surface area contributed by atoms with Crippen LogP contribution in [0.5, 0.6) is 0 Å². The fourth-order valence-corrected chi connectivity index (χ4v) is 2.39. The summed E-state index contributed by atoms with van der Waals surface area (Å²) in [6.07, 6.45) is -5.30. The minimum absolute atomic E-state index is 0.0989. The number of amides is 1. The van der Waals surface area contributed by atoms with E-state index in [0.717, 1.165) is 12.1 Å². The van der Waals surface area contributed by atoms with Gasteiger partial charge in [0.05, 0.1) is 6.61 Å². The lowest BCUT2D eigenvalue weighted by Gasteiger charge is -2.35. The highest BCUT2D eigenvalue weighted by atomic mass is 19.4. The van der Waals surface area contributed by atoms with Gasteiger partial charge in [-0.3, -0.25) is 4.79 Å². The van der Waals surface area contributed by atoms with E-state index in [1.165, 1.54) is 44.2 Å². The quantitative estimate of drug-likeness (QED) is 0.441. The highest BCUT2D eigenvalue weighted by Gasteiger charge is 2.63. The first-order chi connectivity index (χ1) is 13.1. The van der Waals surface area contributed by atoms with Gasteiger partial charge in [0.25, 0.3) is 5.91 Å². The standard InChI is InChI=1S/C19H18F4N2O3/c1-3-28-17(27)18(19(21,22)23,24-15-11-14(20)10-9-12(15)2)25-16(26)13-7-5-4-6-8-13/h4-11,24H,3H2,1-2H3,(H,25,26). The maximum absolute atomic E-state index is 14.1. The molecule has 150 valence electrons. The van der Waals surface area contributed by atoms with Crippen LogP contribution in [0.3, 0.4) is 0 Å². The fraction of sp³-hybridized carbons (Fsp3) is 0.263. The number of esters is 1. The Balaban J connectivity index is 2.56. The third-order valence-corrected chi connectivity index (χ3v) is 3.87. The third kappa shape index (κ3) is 4.41. The molecule has 0 spiro atoms. The number of hydrogen-bond acceptors (Lipinski definition) is 4. The van der Waals surface area contributed by atoms with E-state index in [4.69, 9.17) is 0 Å². The molecule has 0 aliphatic carbocycles. The maximum Gasteiger partial charge on any atom is 0.441 e. The lowest BCUT2D eigenvalue weighted by atomic mass is 10.1. The molecule has 0 aromatic heterocycles. The van der Waals surface area contributed by atoms with Crippen molar-refractivity contribution >= 4 is 17.6 Å². The number of aryl methyl sites for hydroxylation is 1. The van der Waals surface area contributed by atoms with Crippen molar-refractivity contribution in [2.45, 2.75) is 25.7 Å². The van der Waals surface area contributed by atoms with E-state index in [1.54, 1.807) is 11.4 Å². The first-order valence-electron chi connectivity index (χ1n) is 8.26. The normalized spacial score (nSPS) is 13.4. The average Bonchev–Trinajstić information content (AvgIpc) is 2.64.